The molecule has 0 fully saturated rings. The second kappa shape index (κ2) is 6.02. The third-order valence-electron chi connectivity index (χ3n) is 3.00. The number of ether oxygens (including phenoxy) is 1. The third kappa shape index (κ3) is 3.11. The first-order valence-electron chi connectivity index (χ1n) is 6.00. The minimum absolute atomic E-state index is 0.374. The summed E-state index contributed by atoms with van der Waals surface area (Å²) >= 11 is 1.74. The number of rotatable bonds is 6. The zero-order valence-electron chi connectivity index (χ0n) is 11.0. The maximum Gasteiger partial charge on any atom is 0.129 e. The summed E-state index contributed by atoms with van der Waals surface area (Å²) in [6.07, 6.45) is 6.09. The first-order valence-corrected chi connectivity index (χ1v) is 6.88. The molecule has 0 saturated carbocycles. The van der Waals surface area contributed by atoms with Gasteiger partial charge in [-0.15, -0.1) is 11.3 Å². The Labute approximate surface area is 112 Å². The lowest BCUT2D eigenvalue weighted by Crippen LogP contribution is -2.15. The lowest BCUT2D eigenvalue weighted by atomic mass is 10.1. The van der Waals surface area contributed by atoms with E-state index < -0.39 is 0 Å². The van der Waals surface area contributed by atoms with Gasteiger partial charge < -0.3 is 10.1 Å². The largest absolute Gasteiger partial charge is 0.496 e. The van der Waals surface area contributed by atoms with Crippen LogP contribution in [-0.2, 0) is 13.5 Å². The molecule has 2 aromatic rings. The molecule has 4 nitrogen and oxygen atoms in total. The van der Waals surface area contributed by atoms with Gasteiger partial charge in [-0.1, -0.05) is 0 Å². The van der Waals surface area contributed by atoms with Crippen molar-refractivity contribution in [3.63, 3.8) is 0 Å². The molecule has 0 saturated heterocycles. The molecule has 1 unspecified atom stereocenters. The summed E-state index contributed by atoms with van der Waals surface area (Å²) in [6, 6.07) is 2.48. The average molecular weight is 265 g/mol. The zero-order valence-corrected chi connectivity index (χ0v) is 11.8. The van der Waals surface area contributed by atoms with E-state index in [-0.39, 0.29) is 0 Å². The molecule has 0 bridgehead atoms. The summed E-state index contributed by atoms with van der Waals surface area (Å²) in [5.41, 5.74) is 1.28. The molecule has 98 valence electrons. The smallest absolute Gasteiger partial charge is 0.129 e. The molecule has 0 amide bonds. The summed E-state index contributed by atoms with van der Waals surface area (Å²) in [6.45, 7) is 0. The van der Waals surface area contributed by atoms with Crippen LogP contribution in [0, 0.1) is 0 Å². The zero-order chi connectivity index (χ0) is 13.0. The summed E-state index contributed by atoms with van der Waals surface area (Å²) in [5, 5.41) is 9.60. The van der Waals surface area contributed by atoms with Crippen molar-refractivity contribution in [3.05, 3.63) is 34.3 Å². The fourth-order valence-electron chi connectivity index (χ4n) is 1.96. The fourth-order valence-corrected chi connectivity index (χ4v) is 2.97. The summed E-state index contributed by atoms with van der Waals surface area (Å²) < 4.78 is 7.07. The lowest BCUT2D eigenvalue weighted by Gasteiger charge is -2.13. The van der Waals surface area contributed by atoms with E-state index in [1.807, 2.05) is 30.4 Å². The maximum absolute atomic E-state index is 5.22. The molecule has 2 rings (SSSR count). The number of nitrogens with zero attached hydrogens (tertiary/aromatic N) is 2. The van der Waals surface area contributed by atoms with Crippen LogP contribution in [0.1, 0.15) is 22.9 Å². The number of hydrogen-bond donors (Lipinski definition) is 1. The molecule has 0 aliphatic heterocycles. The highest BCUT2D eigenvalue weighted by atomic mass is 32.1. The van der Waals surface area contributed by atoms with Gasteiger partial charge in [0, 0.05) is 29.5 Å². The van der Waals surface area contributed by atoms with E-state index in [2.05, 4.69) is 22.7 Å². The van der Waals surface area contributed by atoms with Gasteiger partial charge >= 0.3 is 0 Å². The predicted octanol–water partition coefficient (Wildman–Crippen LogP) is 2.38. The van der Waals surface area contributed by atoms with Gasteiger partial charge in [0.1, 0.15) is 5.75 Å². The van der Waals surface area contributed by atoms with Crippen LogP contribution in [0.2, 0.25) is 0 Å². The van der Waals surface area contributed by atoms with Crippen molar-refractivity contribution < 1.29 is 4.74 Å². The van der Waals surface area contributed by atoms with Crippen molar-refractivity contribution in [3.8, 4) is 5.75 Å². The van der Waals surface area contributed by atoms with Gasteiger partial charge in [-0.25, -0.2) is 0 Å². The van der Waals surface area contributed by atoms with E-state index in [0.717, 1.165) is 18.6 Å². The Morgan fingerprint density at radius 2 is 2.39 bits per heavy atom. The molecule has 2 aromatic heterocycles. The first kappa shape index (κ1) is 13.1. The standard InChI is InChI=1S/C13H19N3OS/c1-14-12(13-6-11(17-3)9-18-13)5-4-10-7-15-16(2)8-10/h6-9,12,14H,4-5H2,1-3H3. The number of aryl methyl sites for hydroxylation is 2. The molecule has 0 aromatic carbocycles. The Kier molecular flexibility index (Phi) is 4.38. The van der Waals surface area contributed by atoms with Gasteiger partial charge in [0.15, 0.2) is 0 Å². The van der Waals surface area contributed by atoms with Crippen LogP contribution in [0.15, 0.2) is 23.8 Å². The Hall–Kier alpha value is -1.33. The van der Waals surface area contributed by atoms with E-state index in [1.165, 1.54) is 10.4 Å². The molecular formula is C13H19N3OS. The highest BCUT2D eigenvalue weighted by Gasteiger charge is 2.12. The van der Waals surface area contributed by atoms with Crippen molar-refractivity contribution >= 4 is 11.3 Å². The third-order valence-corrected chi connectivity index (χ3v) is 4.03. The SMILES string of the molecule is CNC(CCc1cnn(C)c1)c1cc(OC)cs1. The van der Waals surface area contributed by atoms with E-state index in [0.29, 0.717) is 6.04 Å². The normalized spacial score (nSPS) is 12.6. The van der Waals surface area contributed by atoms with Crippen LogP contribution >= 0.6 is 11.3 Å². The fraction of sp³-hybridized carbons (Fsp3) is 0.462. The number of methoxy groups -OCH3 is 1. The lowest BCUT2D eigenvalue weighted by molar-refractivity contribution is 0.415. The molecule has 1 N–H and O–H groups in total. The number of thiophene rings is 1. The second-order valence-corrected chi connectivity index (χ2v) is 5.23. The predicted molar refractivity (Wildman–Crippen MR) is 74.2 cm³/mol. The van der Waals surface area contributed by atoms with Crippen LogP contribution < -0.4 is 10.1 Å². The minimum Gasteiger partial charge on any atom is -0.496 e. The van der Waals surface area contributed by atoms with Crippen molar-refractivity contribution in [1.82, 2.24) is 15.1 Å². The average Bonchev–Trinajstić information content (AvgIpc) is 2.99. The van der Waals surface area contributed by atoms with Crippen LogP contribution in [0.3, 0.4) is 0 Å². The van der Waals surface area contributed by atoms with E-state index in [1.54, 1.807) is 18.4 Å². The summed E-state index contributed by atoms with van der Waals surface area (Å²) in [7, 11) is 5.65. The van der Waals surface area contributed by atoms with E-state index in [9.17, 15) is 0 Å². The maximum atomic E-state index is 5.22. The molecule has 18 heavy (non-hydrogen) atoms. The Bertz CT molecular complexity index is 492. The van der Waals surface area contributed by atoms with Crippen LogP contribution in [0.25, 0.3) is 0 Å². The van der Waals surface area contributed by atoms with E-state index in [4.69, 9.17) is 4.74 Å². The van der Waals surface area contributed by atoms with Crippen molar-refractivity contribution in [2.45, 2.75) is 18.9 Å². The van der Waals surface area contributed by atoms with Crippen molar-refractivity contribution in [1.29, 1.82) is 0 Å². The highest BCUT2D eigenvalue weighted by Crippen LogP contribution is 2.29. The van der Waals surface area contributed by atoms with Crippen molar-refractivity contribution in [2.75, 3.05) is 14.2 Å². The Morgan fingerprint density at radius 1 is 1.56 bits per heavy atom. The number of nitrogens with one attached hydrogen (secondary N) is 1. The highest BCUT2D eigenvalue weighted by molar-refractivity contribution is 7.10. The Balaban J connectivity index is 1.96. The van der Waals surface area contributed by atoms with Gasteiger partial charge in [0.05, 0.1) is 13.3 Å². The summed E-state index contributed by atoms with van der Waals surface area (Å²) in [5.74, 6) is 0.941. The molecule has 1 atom stereocenters. The Morgan fingerprint density at radius 3 is 2.94 bits per heavy atom. The summed E-state index contributed by atoms with van der Waals surface area (Å²) in [4.78, 5) is 1.32. The molecular weight excluding hydrogens is 246 g/mol. The van der Waals surface area contributed by atoms with Crippen LogP contribution in [-0.4, -0.2) is 23.9 Å². The van der Waals surface area contributed by atoms with Gasteiger partial charge in [-0.3, -0.25) is 4.68 Å². The van der Waals surface area contributed by atoms with Gasteiger partial charge in [-0.2, -0.15) is 5.10 Å². The number of hydrogen-bond acceptors (Lipinski definition) is 4. The molecule has 0 aliphatic rings. The van der Waals surface area contributed by atoms with Gasteiger partial charge in [0.25, 0.3) is 0 Å². The van der Waals surface area contributed by atoms with Crippen LogP contribution in [0.4, 0.5) is 0 Å². The topological polar surface area (TPSA) is 39.1 Å². The molecule has 2 heterocycles. The molecule has 0 radical (unpaired) electrons. The van der Waals surface area contributed by atoms with Gasteiger partial charge in [0.2, 0.25) is 0 Å². The van der Waals surface area contributed by atoms with E-state index >= 15 is 0 Å². The second-order valence-electron chi connectivity index (χ2n) is 4.29. The monoisotopic (exact) mass is 265 g/mol. The minimum atomic E-state index is 0.374. The molecule has 5 heteroatoms. The van der Waals surface area contributed by atoms with Crippen molar-refractivity contribution in [2.24, 2.45) is 7.05 Å². The first-order chi connectivity index (χ1) is 8.72. The molecule has 0 spiro atoms. The van der Waals surface area contributed by atoms with Gasteiger partial charge in [-0.05, 0) is 31.5 Å². The quantitative estimate of drug-likeness (QED) is 0.871. The van der Waals surface area contributed by atoms with Crippen LogP contribution in [0.5, 0.6) is 5.75 Å². The molecule has 0 aliphatic carbocycles. The number of aromatic nitrogens is 2.